The lowest BCUT2D eigenvalue weighted by atomic mass is 9.79. The van der Waals surface area contributed by atoms with Gasteiger partial charge < -0.3 is 5.32 Å². The molecule has 0 aromatic heterocycles. The summed E-state index contributed by atoms with van der Waals surface area (Å²) in [6.45, 7) is 3.69. The van der Waals surface area contributed by atoms with Gasteiger partial charge in [-0.15, -0.1) is 0 Å². The minimum absolute atomic E-state index is 0.0499. The summed E-state index contributed by atoms with van der Waals surface area (Å²) in [6, 6.07) is 0. The second-order valence-corrected chi connectivity index (χ2v) is 4.49. The Morgan fingerprint density at radius 3 is 2.53 bits per heavy atom. The lowest BCUT2D eigenvalue weighted by molar-refractivity contribution is -0.133. The Morgan fingerprint density at radius 1 is 1.47 bits per heavy atom. The van der Waals surface area contributed by atoms with Gasteiger partial charge in [0, 0.05) is 17.2 Å². The second kappa shape index (κ2) is 4.14. The molecule has 0 saturated carbocycles. The van der Waals surface area contributed by atoms with Crippen molar-refractivity contribution in [3.8, 4) is 0 Å². The lowest BCUT2D eigenvalue weighted by Gasteiger charge is -2.26. The van der Waals surface area contributed by atoms with Crippen molar-refractivity contribution in [3.63, 3.8) is 0 Å². The number of halogens is 1. The molecule has 0 aliphatic heterocycles. The van der Waals surface area contributed by atoms with Gasteiger partial charge in [-0.25, -0.2) is 0 Å². The second-order valence-electron chi connectivity index (χ2n) is 4.15. The van der Waals surface area contributed by atoms with E-state index in [4.69, 9.17) is 11.6 Å². The third-order valence-corrected chi connectivity index (χ3v) is 2.62. The van der Waals surface area contributed by atoms with Gasteiger partial charge in [-0.05, 0) is 24.4 Å². The molecule has 0 aromatic rings. The smallest absolute Gasteiger partial charge is 0.310 e. The first-order chi connectivity index (χ1) is 6.83. The molecule has 1 N–H and O–H groups in total. The molecule has 0 bridgehead atoms. The normalized spacial score (nSPS) is 19.4. The first-order valence-electron chi connectivity index (χ1n) is 4.59. The molecular weight excluding hydrogens is 218 g/mol. The largest absolute Gasteiger partial charge is 0.322 e. The van der Waals surface area contributed by atoms with Crippen molar-refractivity contribution < 1.29 is 14.4 Å². The van der Waals surface area contributed by atoms with Crippen LogP contribution in [0.3, 0.4) is 0 Å². The molecule has 0 saturated heterocycles. The minimum atomic E-state index is -1.08. The molecule has 5 heteroatoms. The number of allylic oxidation sites excluding steroid dienone is 2. The monoisotopic (exact) mass is 229 g/mol. The van der Waals surface area contributed by atoms with Gasteiger partial charge in [-0.3, -0.25) is 14.4 Å². The fraction of sp³-hybridized carbons (Fsp3) is 0.500. The molecule has 0 atom stereocenters. The molecular formula is C10H12ClNO3. The molecule has 82 valence electrons. The van der Waals surface area contributed by atoms with Crippen molar-refractivity contribution in [1.29, 1.82) is 0 Å². The van der Waals surface area contributed by atoms with Gasteiger partial charge in [0.1, 0.15) is 0 Å². The number of amides is 1. The summed E-state index contributed by atoms with van der Waals surface area (Å²) >= 11 is 4.98. The van der Waals surface area contributed by atoms with Crippen molar-refractivity contribution >= 4 is 28.5 Å². The van der Waals surface area contributed by atoms with Crippen LogP contribution in [0.4, 0.5) is 0 Å². The molecule has 0 fully saturated rings. The summed E-state index contributed by atoms with van der Waals surface area (Å²) in [6.07, 6.45) is 2.57. The fourth-order valence-electron chi connectivity index (χ4n) is 1.29. The highest BCUT2D eigenvalue weighted by atomic mass is 35.5. The van der Waals surface area contributed by atoms with E-state index < -0.39 is 11.1 Å². The van der Waals surface area contributed by atoms with Gasteiger partial charge >= 0.3 is 11.1 Å². The van der Waals surface area contributed by atoms with Crippen molar-refractivity contribution in [2.45, 2.75) is 26.7 Å². The molecule has 1 amide bonds. The van der Waals surface area contributed by atoms with Gasteiger partial charge in [-0.2, -0.15) is 0 Å². The highest BCUT2D eigenvalue weighted by molar-refractivity contribution is 6.81. The van der Waals surface area contributed by atoms with Crippen LogP contribution in [0.1, 0.15) is 26.7 Å². The quantitative estimate of drug-likeness (QED) is 0.571. The molecule has 1 aliphatic rings. The summed E-state index contributed by atoms with van der Waals surface area (Å²) in [7, 11) is 0. The van der Waals surface area contributed by atoms with Gasteiger partial charge in [-0.1, -0.05) is 13.8 Å². The zero-order chi connectivity index (χ0) is 11.6. The number of rotatable bonds is 2. The third-order valence-electron chi connectivity index (χ3n) is 2.44. The number of carbonyl (C=O) groups excluding carboxylic acids is 3. The number of carbonyl (C=O) groups is 3. The van der Waals surface area contributed by atoms with Crippen molar-refractivity contribution in [3.05, 3.63) is 11.8 Å². The van der Waals surface area contributed by atoms with E-state index in [0.717, 1.165) is 0 Å². The molecule has 0 radical (unpaired) electrons. The predicted molar refractivity (Wildman–Crippen MR) is 55.1 cm³/mol. The van der Waals surface area contributed by atoms with E-state index in [-0.39, 0.29) is 11.2 Å². The summed E-state index contributed by atoms with van der Waals surface area (Å²) in [5.41, 5.74) is 0.0671. The van der Waals surface area contributed by atoms with Crippen LogP contribution in [0, 0.1) is 5.41 Å². The maximum atomic E-state index is 11.5. The van der Waals surface area contributed by atoms with E-state index in [1.54, 1.807) is 0 Å². The molecule has 0 spiro atoms. The summed E-state index contributed by atoms with van der Waals surface area (Å²) < 4.78 is 0. The highest BCUT2D eigenvalue weighted by Gasteiger charge is 2.30. The number of hydrogen-bond donors (Lipinski definition) is 1. The van der Waals surface area contributed by atoms with Crippen LogP contribution in [0.2, 0.25) is 0 Å². The average molecular weight is 230 g/mol. The summed E-state index contributed by atoms with van der Waals surface area (Å²) in [4.78, 5) is 32.9. The lowest BCUT2D eigenvalue weighted by Crippen LogP contribution is -2.33. The first kappa shape index (κ1) is 11.9. The first-order valence-corrected chi connectivity index (χ1v) is 4.96. The van der Waals surface area contributed by atoms with E-state index in [1.807, 2.05) is 13.8 Å². The highest BCUT2D eigenvalue weighted by Crippen LogP contribution is 2.30. The zero-order valence-electron chi connectivity index (χ0n) is 8.59. The van der Waals surface area contributed by atoms with Crippen LogP contribution in [0.15, 0.2) is 11.8 Å². The SMILES string of the molecule is CC1(C)CCC(NC(=O)C(=O)Cl)=CC1=O. The molecule has 0 unspecified atom stereocenters. The minimum Gasteiger partial charge on any atom is -0.322 e. The van der Waals surface area contributed by atoms with Crippen molar-refractivity contribution in [1.82, 2.24) is 5.32 Å². The van der Waals surface area contributed by atoms with Gasteiger partial charge in [0.25, 0.3) is 0 Å². The number of nitrogens with one attached hydrogen (secondary N) is 1. The van der Waals surface area contributed by atoms with Crippen molar-refractivity contribution in [2.24, 2.45) is 5.41 Å². The van der Waals surface area contributed by atoms with Gasteiger partial charge in [0.15, 0.2) is 5.78 Å². The summed E-state index contributed by atoms with van der Waals surface area (Å²) in [5.74, 6) is -0.943. The molecule has 15 heavy (non-hydrogen) atoms. The Bertz CT molecular complexity index is 358. The van der Waals surface area contributed by atoms with Crippen LogP contribution in [0.5, 0.6) is 0 Å². The molecule has 1 aliphatic carbocycles. The zero-order valence-corrected chi connectivity index (χ0v) is 9.35. The Morgan fingerprint density at radius 2 is 2.07 bits per heavy atom. The third kappa shape index (κ3) is 2.89. The predicted octanol–water partition coefficient (Wildman–Crippen LogP) is 1.14. The van der Waals surface area contributed by atoms with Crippen LogP contribution in [-0.2, 0) is 14.4 Å². The Labute approximate surface area is 92.7 Å². The van der Waals surface area contributed by atoms with Gasteiger partial charge in [0.2, 0.25) is 0 Å². The Hall–Kier alpha value is -1.16. The average Bonchev–Trinajstić information content (AvgIpc) is 2.12. The maximum Gasteiger partial charge on any atom is 0.310 e. The van der Waals surface area contributed by atoms with E-state index >= 15 is 0 Å². The Balaban J connectivity index is 2.72. The summed E-state index contributed by atoms with van der Waals surface area (Å²) in [5, 5.41) is 1.23. The number of hydrogen-bond acceptors (Lipinski definition) is 3. The van der Waals surface area contributed by atoms with E-state index in [9.17, 15) is 14.4 Å². The topological polar surface area (TPSA) is 63.2 Å². The molecule has 1 rings (SSSR count). The standard InChI is InChI=1S/C10H12ClNO3/c1-10(2)4-3-6(5-7(10)13)12-9(15)8(11)14/h5H,3-4H2,1-2H3,(H,12,15). The van der Waals surface area contributed by atoms with Gasteiger partial charge in [0.05, 0.1) is 0 Å². The van der Waals surface area contributed by atoms with Crippen LogP contribution in [0.25, 0.3) is 0 Å². The van der Waals surface area contributed by atoms with Crippen LogP contribution < -0.4 is 5.32 Å². The Kier molecular flexibility index (Phi) is 3.29. The van der Waals surface area contributed by atoms with E-state index in [0.29, 0.717) is 18.5 Å². The van der Waals surface area contributed by atoms with Crippen LogP contribution in [-0.4, -0.2) is 16.9 Å². The van der Waals surface area contributed by atoms with E-state index in [2.05, 4.69) is 5.32 Å². The van der Waals surface area contributed by atoms with E-state index in [1.165, 1.54) is 6.08 Å². The molecule has 0 heterocycles. The molecule has 4 nitrogen and oxygen atoms in total. The molecule has 0 aromatic carbocycles. The maximum absolute atomic E-state index is 11.5. The van der Waals surface area contributed by atoms with Crippen LogP contribution >= 0.6 is 11.6 Å². The van der Waals surface area contributed by atoms with Crippen molar-refractivity contribution in [2.75, 3.05) is 0 Å². The fourth-order valence-corrected chi connectivity index (χ4v) is 1.34. The number of ketones is 1.